The van der Waals surface area contributed by atoms with Crippen LogP contribution in [-0.4, -0.2) is 33.9 Å². The molecule has 0 aromatic heterocycles. The molecule has 0 fully saturated rings. The predicted molar refractivity (Wildman–Crippen MR) is 117 cm³/mol. The molecular weight excluding hydrogens is 418 g/mol. The zero-order valence-corrected chi connectivity index (χ0v) is 18.5. The van der Waals surface area contributed by atoms with Crippen LogP contribution in [0.5, 0.6) is 0 Å². The van der Waals surface area contributed by atoms with Crippen LogP contribution in [0.25, 0.3) is 11.1 Å². The first-order valence-electron chi connectivity index (χ1n) is 9.64. The molecule has 1 aliphatic heterocycles. The van der Waals surface area contributed by atoms with Gasteiger partial charge in [-0.3, -0.25) is 0 Å². The number of benzene rings is 3. The van der Waals surface area contributed by atoms with Crippen molar-refractivity contribution in [3.8, 4) is 11.1 Å². The maximum Gasteiger partial charge on any atom is 0.243 e. The first-order valence-corrected chi connectivity index (χ1v) is 13.0. The molecule has 3 aromatic carbocycles. The Labute approximate surface area is 178 Å². The number of hydrogen-bond donors (Lipinski definition) is 0. The summed E-state index contributed by atoms with van der Waals surface area (Å²) in [5.41, 5.74) is 4.73. The molecule has 0 bridgehead atoms. The number of sulfonamides is 1. The van der Waals surface area contributed by atoms with Gasteiger partial charge < -0.3 is 0 Å². The molecule has 0 saturated heterocycles. The van der Waals surface area contributed by atoms with Crippen LogP contribution in [0.1, 0.15) is 16.7 Å². The molecule has 156 valence electrons. The Morgan fingerprint density at radius 3 is 2.20 bits per heavy atom. The van der Waals surface area contributed by atoms with Gasteiger partial charge in [-0.1, -0.05) is 42.5 Å². The third-order valence-corrected chi connectivity index (χ3v) is 8.36. The summed E-state index contributed by atoms with van der Waals surface area (Å²) in [5.74, 6) is 0. The molecule has 5 nitrogen and oxygen atoms in total. The summed E-state index contributed by atoms with van der Waals surface area (Å²) in [6.07, 6.45) is 1.81. The van der Waals surface area contributed by atoms with Crippen LogP contribution in [0.2, 0.25) is 0 Å². The smallest absolute Gasteiger partial charge is 0.224 e. The summed E-state index contributed by atoms with van der Waals surface area (Å²) in [6, 6.07) is 19.8. The molecule has 0 atom stereocenters. The van der Waals surface area contributed by atoms with Gasteiger partial charge >= 0.3 is 0 Å². The topological polar surface area (TPSA) is 71.5 Å². The molecule has 0 unspecified atom stereocenters. The molecule has 0 amide bonds. The predicted octanol–water partition coefficient (Wildman–Crippen LogP) is 3.81. The molecule has 0 aliphatic carbocycles. The highest BCUT2D eigenvalue weighted by molar-refractivity contribution is 7.90. The monoisotopic (exact) mass is 441 g/mol. The normalized spacial score (nSPS) is 15.0. The second-order valence-corrected chi connectivity index (χ2v) is 11.6. The highest BCUT2D eigenvalue weighted by atomic mass is 32.2. The zero-order chi connectivity index (χ0) is 21.5. The Bertz CT molecular complexity index is 1330. The van der Waals surface area contributed by atoms with Crippen molar-refractivity contribution < 1.29 is 16.8 Å². The highest BCUT2D eigenvalue weighted by Crippen LogP contribution is 2.30. The summed E-state index contributed by atoms with van der Waals surface area (Å²) in [6.45, 7) is 2.62. The minimum atomic E-state index is -3.54. The van der Waals surface area contributed by atoms with Gasteiger partial charge in [-0.2, -0.15) is 4.31 Å². The van der Waals surface area contributed by atoms with Gasteiger partial charge in [0.15, 0.2) is 9.84 Å². The van der Waals surface area contributed by atoms with Crippen LogP contribution < -0.4 is 0 Å². The van der Waals surface area contributed by atoms with Crippen LogP contribution in [-0.2, 0) is 32.8 Å². The molecule has 7 heteroatoms. The Hall–Kier alpha value is -2.48. The lowest BCUT2D eigenvalue weighted by Gasteiger charge is -2.28. The fourth-order valence-electron chi connectivity index (χ4n) is 3.74. The van der Waals surface area contributed by atoms with Crippen molar-refractivity contribution in [2.75, 3.05) is 12.8 Å². The Balaban J connectivity index is 1.63. The quantitative estimate of drug-likeness (QED) is 0.617. The first kappa shape index (κ1) is 20.8. The van der Waals surface area contributed by atoms with Gasteiger partial charge in [-0.25, -0.2) is 16.8 Å². The van der Waals surface area contributed by atoms with Gasteiger partial charge in [0, 0.05) is 19.3 Å². The van der Waals surface area contributed by atoms with E-state index in [1.807, 2.05) is 37.3 Å². The third kappa shape index (κ3) is 4.05. The van der Waals surface area contributed by atoms with E-state index >= 15 is 0 Å². The summed E-state index contributed by atoms with van der Waals surface area (Å²) < 4.78 is 51.3. The van der Waals surface area contributed by atoms with Gasteiger partial charge in [0.05, 0.1) is 9.79 Å². The largest absolute Gasteiger partial charge is 0.243 e. The van der Waals surface area contributed by atoms with Gasteiger partial charge in [0.25, 0.3) is 0 Å². The fourth-order valence-corrected chi connectivity index (χ4v) is 5.93. The van der Waals surface area contributed by atoms with Crippen molar-refractivity contribution in [1.29, 1.82) is 0 Å². The van der Waals surface area contributed by atoms with E-state index in [1.54, 1.807) is 36.4 Å². The van der Waals surface area contributed by atoms with Gasteiger partial charge in [-0.15, -0.1) is 0 Å². The van der Waals surface area contributed by atoms with E-state index in [2.05, 4.69) is 0 Å². The van der Waals surface area contributed by atoms with Crippen LogP contribution in [0.3, 0.4) is 0 Å². The van der Waals surface area contributed by atoms with Crippen molar-refractivity contribution >= 4 is 19.9 Å². The lowest BCUT2D eigenvalue weighted by atomic mass is 9.95. The second kappa shape index (κ2) is 7.65. The molecule has 0 spiro atoms. The molecule has 30 heavy (non-hydrogen) atoms. The van der Waals surface area contributed by atoms with Crippen LogP contribution in [0, 0.1) is 6.92 Å². The lowest BCUT2D eigenvalue weighted by Crippen LogP contribution is -2.36. The number of aryl methyl sites for hydroxylation is 1. The Morgan fingerprint density at radius 2 is 1.47 bits per heavy atom. The number of rotatable bonds is 4. The minimum Gasteiger partial charge on any atom is -0.224 e. The average molecular weight is 442 g/mol. The maximum atomic E-state index is 13.0. The number of nitrogens with zero attached hydrogens (tertiary/aromatic N) is 1. The van der Waals surface area contributed by atoms with E-state index in [0.717, 1.165) is 27.8 Å². The molecule has 1 heterocycles. The minimum absolute atomic E-state index is 0.285. The van der Waals surface area contributed by atoms with E-state index in [-0.39, 0.29) is 4.90 Å². The van der Waals surface area contributed by atoms with Crippen LogP contribution >= 0.6 is 0 Å². The Morgan fingerprint density at radius 1 is 0.767 bits per heavy atom. The van der Waals surface area contributed by atoms with E-state index in [9.17, 15) is 16.8 Å². The molecule has 0 N–H and O–H groups in total. The summed E-state index contributed by atoms with van der Waals surface area (Å²) >= 11 is 0. The fraction of sp³-hybridized carbons (Fsp3) is 0.217. The van der Waals surface area contributed by atoms with Crippen molar-refractivity contribution in [2.24, 2.45) is 0 Å². The average Bonchev–Trinajstić information content (AvgIpc) is 2.72. The molecular formula is C23H23NO4S2. The van der Waals surface area contributed by atoms with Gasteiger partial charge in [-0.05, 0) is 65.4 Å². The number of hydrogen-bond acceptors (Lipinski definition) is 4. The lowest BCUT2D eigenvalue weighted by molar-refractivity contribution is 0.391. The van der Waals surface area contributed by atoms with E-state index < -0.39 is 19.9 Å². The first-order chi connectivity index (χ1) is 14.1. The molecule has 0 saturated carbocycles. The van der Waals surface area contributed by atoms with E-state index in [1.165, 1.54) is 10.6 Å². The van der Waals surface area contributed by atoms with Crippen molar-refractivity contribution in [2.45, 2.75) is 29.7 Å². The number of sulfone groups is 1. The van der Waals surface area contributed by atoms with Crippen LogP contribution in [0.4, 0.5) is 0 Å². The molecule has 4 rings (SSSR count). The van der Waals surface area contributed by atoms with Crippen molar-refractivity contribution in [1.82, 2.24) is 4.31 Å². The van der Waals surface area contributed by atoms with Gasteiger partial charge in [0.2, 0.25) is 10.0 Å². The van der Waals surface area contributed by atoms with E-state index in [4.69, 9.17) is 0 Å². The van der Waals surface area contributed by atoms with Crippen LogP contribution in [0.15, 0.2) is 76.5 Å². The third-order valence-electron chi connectivity index (χ3n) is 5.41. The molecule has 1 aliphatic rings. The van der Waals surface area contributed by atoms with Crippen molar-refractivity contribution in [3.63, 3.8) is 0 Å². The zero-order valence-electron chi connectivity index (χ0n) is 16.9. The summed E-state index contributed by atoms with van der Waals surface area (Å²) in [7, 11) is -6.82. The van der Waals surface area contributed by atoms with Crippen molar-refractivity contribution in [3.05, 3.63) is 83.4 Å². The Kier molecular flexibility index (Phi) is 5.30. The highest BCUT2D eigenvalue weighted by Gasteiger charge is 2.28. The number of fused-ring (bicyclic) bond motifs is 1. The van der Waals surface area contributed by atoms with Gasteiger partial charge in [0.1, 0.15) is 0 Å². The summed E-state index contributed by atoms with van der Waals surface area (Å²) in [4.78, 5) is 0.605. The standard InChI is InChI=1S/C23H23NO4S2/c1-17-5-3-8-23(13-17)30(27,28)24-12-11-20-14-19(9-10-21(20)16-24)18-6-4-7-22(15-18)29(2,25)26/h3-10,13-15H,11-12,16H2,1-2H3. The second-order valence-electron chi connectivity index (χ2n) is 7.69. The van der Waals surface area contributed by atoms with E-state index in [0.29, 0.717) is 24.4 Å². The molecule has 3 aromatic rings. The molecule has 0 radical (unpaired) electrons. The summed E-state index contributed by atoms with van der Waals surface area (Å²) in [5, 5.41) is 0. The maximum absolute atomic E-state index is 13.0. The SMILES string of the molecule is Cc1cccc(S(=O)(=O)N2CCc3cc(-c4cccc(S(C)(=O)=O)c4)ccc3C2)c1.